The molecule has 1 aromatic rings. The summed E-state index contributed by atoms with van der Waals surface area (Å²) < 4.78 is 0. The van der Waals surface area contributed by atoms with E-state index in [-0.39, 0.29) is 0 Å². The second-order valence-corrected chi connectivity index (χ2v) is 1.82. The van der Waals surface area contributed by atoms with Gasteiger partial charge in [-0.15, -0.1) is 5.10 Å². The molecule has 4 heteroatoms. The molecule has 0 saturated heterocycles. The Balaban J connectivity index is 2.96. The molecule has 0 amide bonds. The Hall–Kier alpha value is -1.45. The van der Waals surface area contributed by atoms with E-state index in [0.717, 1.165) is 0 Å². The van der Waals surface area contributed by atoms with Crippen LogP contribution in [0, 0.1) is 0 Å². The number of hydrogen-bond donors (Lipinski definition) is 1. The summed E-state index contributed by atoms with van der Waals surface area (Å²) in [5.41, 5.74) is 1.40. The lowest BCUT2D eigenvalue weighted by atomic mass is 10.3. The lowest BCUT2D eigenvalue weighted by molar-refractivity contribution is 1.01. The summed E-state index contributed by atoms with van der Waals surface area (Å²) in [5, 5.41) is 10.9. The topological polar surface area (TPSA) is 64.2 Å². The van der Waals surface area contributed by atoms with Gasteiger partial charge in [-0.1, -0.05) is 0 Å². The third-order valence-corrected chi connectivity index (χ3v) is 1.14. The first kappa shape index (κ1) is 6.67. The van der Waals surface area contributed by atoms with Crippen molar-refractivity contribution in [2.45, 2.75) is 6.92 Å². The first-order chi connectivity index (χ1) is 4.84. The van der Waals surface area contributed by atoms with Gasteiger partial charge in [-0.05, 0) is 19.1 Å². The van der Waals surface area contributed by atoms with Crippen molar-refractivity contribution in [3.8, 4) is 0 Å². The Morgan fingerprint density at radius 2 is 2.50 bits per heavy atom. The second kappa shape index (κ2) is 2.91. The minimum atomic E-state index is 0.688. The number of hydrogen-bond acceptors (Lipinski definition) is 4. The molecule has 0 aliphatic heterocycles. The molecule has 52 valence electrons. The van der Waals surface area contributed by atoms with Gasteiger partial charge in [0.2, 0.25) is 0 Å². The number of aromatic nitrogens is 2. The third kappa shape index (κ3) is 1.28. The maximum absolute atomic E-state index is 5.02. The highest BCUT2D eigenvalue weighted by atomic mass is 15.1. The first-order valence-electron chi connectivity index (χ1n) is 2.87. The van der Waals surface area contributed by atoms with E-state index in [0.29, 0.717) is 11.4 Å². The van der Waals surface area contributed by atoms with Crippen molar-refractivity contribution in [1.82, 2.24) is 10.2 Å². The van der Waals surface area contributed by atoms with E-state index in [2.05, 4.69) is 15.3 Å². The van der Waals surface area contributed by atoms with Gasteiger partial charge in [0.15, 0.2) is 0 Å². The van der Waals surface area contributed by atoms with Gasteiger partial charge in [-0.2, -0.15) is 10.2 Å². The Kier molecular flexibility index (Phi) is 1.94. The van der Waals surface area contributed by atoms with Crippen LogP contribution < -0.4 is 5.84 Å². The van der Waals surface area contributed by atoms with Crippen molar-refractivity contribution in [1.29, 1.82) is 0 Å². The monoisotopic (exact) mass is 136 g/mol. The molecule has 10 heavy (non-hydrogen) atoms. The van der Waals surface area contributed by atoms with Crippen LogP contribution in [0.3, 0.4) is 0 Å². The Bertz CT molecular complexity index is 229. The number of nitrogens with zero attached hydrogens (tertiary/aromatic N) is 3. The predicted molar refractivity (Wildman–Crippen MR) is 38.4 cm³/mol. The molecule has 4 nitrogen and oxygen atoms in total. The molecule has 0 aliphatic rings. The van der Waals surface area contributed by atoms with Gasteiger partial charge in [0.25, 0.3) is 0 Å². The van der Waals surface area contributed by atoms with Gasteiger partial charge in [0.05, 0.1) is 5.71 Å². The van der Waals surface area contributed by atoms with Crippen LogP contribution in [0.25, 0.3) is 0 Å². The van der Waals surface area contributed by atoms with Gasteiger partial charge in [-0.25, -0.2) is 0 Å². The van der Waals surface area contributed by atoms with Crippen molar-refractivity contribution in [2.75, 3.05) is 0 Å². The summed E-state index contributed by atoms with van der Waals surface area (Å²) in [4.78, 5) is 0. The average Bonchev–Trinajstić information content (AvgIpc) is 2.05. The fourth-order valence-electron chi connectivity index (χ4n) is 0.561. The minimum absolute atomic E-state index is 0.688. The fraction of sp³-hybridized carbons (Fsp3) is 0.167. The smallest absolute Gasteiger partial charge is 0.109 e. The standard InChI is InChI=1S/C6H8N4/c1-5(9-7)6-3-2-4-8-10-6/h2-4H,7H2,1H3. The zero-order chi connectivity index (χ0) is 7.40. The van der Waals surface area contributed by atoms with Crippen LogP contribution in [0.15, 0.2) is 23.4 Å². The molecule has 0 bridgehead atoms. The summed E-state index contributed by atoms with van der Waals surface area (Å²) in [6.07, 6.45) is 1.60. The zero-order valence-electron chi connectivity index (χ0n) is 5.65. The molecule has 0 saturated carbocycles. The largest absolute Gasteiger partial charge is 0.323 e. The molecule has 0 fully saturated rings. The van der Waals surface area contributed by atoms with Crippen LogP contribution in [0.1, 0.15) is 12.6 Å². The third-order valence-electron chi connectivity index (χ3n) is 1.14. The second-order valence-electron chi connectivity index (χ2n) is 1.82. The van der Waals surface area contributed by atoms with Gasteiger partial charge in [0, 0.05) is 6.20 Å². The van der Waals surface area contributed by atoms with Crippen molar-refractivity contribution >= 4 is 5.71 Å². The summed E-state index contributed by atoms with van der Waals surface area (Å²) in [6.45, 7) is 1.78. The molecule has 0 unspecified atom stereocenters. The molecule has 0 aliphatic carbocycles. The van der Waals surface area contributed by atoms with E-state index in [9.17, 15) is 0 Å². The van der Waals surface area contributed by atoms with E-state index in [1.165, 1.54) is 0 Å². The molecule has 0 radical (unpaired) electrons. The Morgan fingerprint density at radius 3 is 3.00 bits per heavy atom. The maximum Gasteiger partial charge on any atom is 0.109 e. The SMILES string of the molecule is CC(=NN)c1cccnn1. The van der Waals surface area contributed by atoms with E-state index in [1.54, 1.807) is 25.3 Å². The van der Waals surface area contributed by atoms with Crippen molar-refractivity contribution in [3.63, 3.8) is 0 Å². The summed E-state index contributed by atoms with van der Waals surface area (Å²) in [5.74, 6) is 5.02. The van der Waals surface area contributed by atoms with Gasteiger partial charge in [0.1, 0.15) is 5.69 Å². The zero-order valence-corrected chi connectivity index (χ0v) is 5.65. The molecule has 0 atom stereocenters. The summed E-state index contributed by atoms with van der Waals surface area (Å²) >= 11 is 0. The molecule has 2 N–H and O–H groups in total. The van der Waals surface area contributed by atoms with Crippen LogP contribution >= 0.6 is 0 Å². The van der Waals surface area contributed by atoms with Crippen LogP contribution in [-0.2, 0) is 0 Å². The van der Waals surface area contributed by atoms with Gasteiger partial charge < -0.3 is 5.84 Å². The van der Waals surface area contributed by atoms with Gasteiger partial charge in [-0.3, -0.25) is 0 Å². The fourth-order valence-corrected chi connectivity index (χ4v) is 0.561. The highest BCUT2D eigenvalue weighted by Crippen LogP contribution is 1.91. The molecule has 1 heterocycles. The van der Waals surface area contributed by atoms with E-state index >= 15 is 0 Å². The van der Waals surface area contributed by atoms with Crippen LogP contribution in [0.4, 0.5) is 0 Å². The molecule has 1 rings (SSSR count). The van der Waals surface area contributed by atoms with Gasteiger partial charge >= 0.3 is 0 Å². The highest BCUT2D eigenvalue weighted by molar-refractivity contribution is 5.96. The van der Waals surface area contributed by atoms with Crippen molar-refractivity contribution in [3.05, 3.63) is 24.0 Å². The predicted octanol–water partition coefficient (Wildman–Crippen LogP) is 0.159. The van der Waals surface area contributed by atoms with Crippen molar-refractivity contribution < 1.29 is 0 Å². The van der Waals surface area contributed by atoms with E-state index in [1.807, 2.05) is 0 Å². The average molecular weight is 136 g/mol. The number of hydrazone groups is 1. The van der Waals surface area contributed by atoms with E-state index < -0.39 is 0 Å². The van der Waals surface area contributed by atoms with Crippen LogP contribution in [-0.4, -0.2) is 15.9 Å². The minimum Gasteiger partial charge on any atom is -0.323 e. The maximum atomic E-state index is 5.02. The molecule has 0 aromatic carbocycles. The summed E-state index contributed by atoms with van der Waals surface area (Å²) in [7, 11) is 0. The Labute approximate surface area is 58.8 Å². The number of rotatable bonds is 1. The Morgan fingerprint density at radius 1 is 1.70 bits per heavy atom. The molecule has 0 spiro atoms. The molecule has 1 aromatic heterocycles. The summed E-state index contributed by atoms with van der Waals surface area (Å²) in [6, 6.07) is 3.59. The first-order valence-corrected chi connectivity index (χ1v) is 2.87. The molecular formula is C6H8N4. The lowest BCUT2D eigenvalue weighted by Crippen LogP contribution is -2.01. The van der Waals surface area contributed by atoms with Crippen molar-refractivity contribution in [2.24, 2.45) is 10.9 Å². The normalized spacial score (nSPS) is 11.5. The van der Waals surface area contributed by atoms with Crippen LogP contribution in [0.2, 0.25) is 0 Å². The molecular weight excluding hydrogens is 128 g/mol. The van der Waals surface area contributed by atoms with E-state index in [4.69, 9.17) is 5.84 Å². The highest BCUT2D eigenvalue weighted by Gasteiger charge is 1.94. The lowest BCUT2D eigenvalue weighted by Gasteiger charge is -1.92. The van der Waals surface area contributed by atoms with Crippen LogP contribution in [0.5, 0.6) is 0 Å². The quantitative estimate of drug-likeness (QED) is 0.340. The number of nitrogens with two attached hydrogens (primary N) is 1.